The predicted octanol–water partition coefficient (Wildman–Crippen LogP) is 5.69. The van der Waals surface area contributed by atoms with E-state index in [1.165, 1.54) is 17.4 Å². The fourth-order valence-electron chi connectivity index (χ4n) is 1.94. The summed E-state index contributed by atoms with van der Waals surface area (Å²) in [6, 6.07) is 13.2. The summed E-state index contributed by atoms with van der Waals surface area (Å²) in [5.41, 5.74) is 3.38. The van der Waals surface area contributed by atoms with Gasteiger partial charge in [-0.25, -0.2) is 9.37 Å². The van der Waals surface area contributed by atoms with Crippen molar-refractivity contribution in [3.05, 3.63) is 63.7 Å². The van der Waals surface area contributed by atoms with E-state index in [0.29, 0.717) is 10.6 Å². The lowest BCUT2D eigenvalue weighted by molar-refractivity contribution is 0.630. The van der Waals surface area contributed by atoms with Crippen LogP contribution in [0.5, 0.6) is 0 Å². The van der Waals surface area contributed by atoms with Crippen molar-refractivity contribution >= 4 is 27.3 Å². The third-order valence-corrected chi connectivity index (χ3v) is 4.40. The lowest BCUT2D eigenvalue weighted by atomic mass is 10.1. The monoisotopic (exact) mass is 347 g/mol. The Hall–Kier alpha value is -1.52. The normalized spacial score (nSPS) is 10.8. The number of nitrogens with zero attached hydrogens (tertiary/aromatic N) is 1. The quantitative estimate of drug-likeness (QED) is 0.580. The van der Waals surface area contributed by atoms with Crippen molar-refractivity contribution in [3.63, 3.8) is 0 Å². The van der Waals surface area contributed by atoms with Crippen molar-refractivity contribution in [1.82, 2.24) is 4.98 Å². The first-order valence-corrected chi connectivity index (χ1v) is 7.79. The van der Waals surface area contributed by atoms with E-state index in [2.05, 4.69) is 20.9 Å². The van der Waals surface area contributed by atoms with E-state index < -0.39 is 0 Å². The minimum atomic E-state index is -0.221. The van der Waals surface area contributed by atoms with E-state index in [9.17, 15) is 4.39 Å². The van der Waals surface area contributed by atoms with Crippen LogP contribution in [0.1, 0.15) is 5.56 Å². The smallest absolute Gasteiger partial charge is 0.133 e. The molecule has 0 spiro atoms. The van der Waals surface area contributed by atoms with Gasteiger partial charge in [-0.15, -0.1) is 11.3 Å². The average Bonchev–Trinajstić information content (AvgIpc) is 2.89. The van der Waals surface area contributed by atoms with Crippen LogP contribution in [0.25, 0.3) is 21.8 Å². The summed E-state index contributed by atoms with van der Waals surface area (Å²) >= 11 is 4.87. The number of hydrogen-bond acceptors (Lipinski definition) is 2. The highest BCUT2D eigenvalue weighted by atomic mass is 79.9. The molecule has 4 heteroatoms. The van der Waals surface area contributed by atoms with Gasteiger partial charge < -0.3 is 0 Å². The fraction of sp³-hybridized carbons (Fsp3) is 0.0625. The van der Waals surface area contributed by atoms with E-state index in [4.69, 9.17) is 0 Å². The molecular formula is C16H11BrFNS. The van der Waals surface area contributed by atoms with Crippen LogP contribution in [0.2, 0.25) is 0 Å². The Kier molecular flexibility index (Phi) is 3.68. The highest BCUT2D eigenvalue weighted by Crippen LogP contribution is 2.31. The van der Waals surface area contributed by atoms with Crippen LogP contribution in [0.3, 0.4) is 0 Å². The highest BCUT2D eigenvalue weighted by molar-refractivity contribution is 9.10. The maximum Gasteiger partial charge on any atom is 0.133 e. The minimum absolute atomic E-state index is 0.221. The number of thiazole rings is 1. The molecule has 0 aliphatic carbocycles. The number of aryl methyl sites for hydroxylation is 1. The first-order chi connectivity index (χ1) is 9.63. The van der Waals surface area contributed by atoms with Crippen molar-refractivity contribution in [3.8, 4) is 21.8 Å². The van der Waals surface area contributed by atoms with Crippen molar-refractivity contribution in [1.29, 1.82) is 0 Å². The number of aromatic nitrogens is 1. The number of benzene rings is 2. The highest BCUT2D eigenvalue weighted by Gasteiger charge is 2.10. The SMILES string of the molecule is Cc1ccc(-c2nc(-c3ccc(Br)cc3)cs2)c(F)c1. The molecule has 1 nitrogen and oxygen atoms in total. The van der Waals surface area contributed by atoms with Crippen LogP contribution < -0.4 is 0 Å². The molecule has 1 heterocycles. The number of halogens is 2. The molecule has 0 aliphatic heterocycles. The molecule has 2 aromatic carbocycles. The van der Waals surface area contributed by atoms with Gasteiger partial charge in [-0.05, 0) is 36.8 Å². The summed E-state index contributed by atoms with van der Waals surface area (Å²) in [7, 11) is 0. The molecule has 0 bridgehead atoms. The van der Waals surface area contributed by atoms with Crippen molar-refractivity contribution in [2.75, 3.05) is 0 Å². The molecule has 1 aromatic heterocycles. The van der Waals surface area contributed by atoms with Gasteiger partial charge >= 0.3 is 0 Å². The zero-order chi connectivity index (χ0) is 14.1. The van der Waals surface area contributed by atoms with Gasteiger partial charge in [0, 0.05) is 21.0 Å². The van der Waals surface area contributed by atoms with Crippen LogP contribution >= 0.6 is 27.3 Å². The molecule has 0 fully saturated rings. The van der Waals surface area contributed by atoms with Gasteiger partial charge in [-0.3, -0.25) is 0 Å². The topological polar surface area (TPSA) is 12.9 Å². The fourth-order valence-corrected chi connectivity index (χ4v) is 3.06. The second-order valence-electron chi connectivity index (χ2n) is 4.53. The van der Waals surface area contributed by atoms with Crippen molar-refractivity contribution in [2.24, 2.45) is 0 Å². The molecular weight excluding hydrogens is 337 g/mol. The molecule has 3 aromatic rings. The molecule has 0 saturated carbocycles. The van der Waals surface area contributed by atoms with E-state index in [-0.39, 0.29) is 5.82 Å². The summed E-state index contributed by atoms with van der Waals surface area (Å²) in [4.78, 5) is 4.53. The van der Waals surface area contributed by atoms with Gasteiger partial charge in [0.25, 0.3) is 0 Å². The van der Waals surface area contributed by atoms with E-state index in [1.54, 1.807) is 6.07 Å². The van der Waals surface area contributed by atoms with Gasteiger partial charge in [0.1, 0.15) is 10.8 Å². The average molecular weight is 348 g/mol. The molecule has 0 unspecified atom stereocenters. The van der Waals surface area contributed by atoms with Crippen LogP contribution in [-0.4, -0.2) is 4.98 Å². The molecule has 100 valence electrons. The Morgan fingerprint density at radius 2 is 1.85 bits per heavy atom. The van der Waals surface area contributed by atoms with E-state index >= 15 is 0 Å². The standard InChI is InChI=1S/C16H11BrFNS/c1-10-2-7-13(14(18)8-10)16-19-15(9-20-16)11-3-5-12(17)6-4-11/h2-9H,1H3. The second-order valence-corrected chi connectivity index (χ2v) is 6.30. The Labute approximate surface area is 129 Å². The summed E-state index contributed by atoms with van der Waals surface area (Å²) in [5.74, 6) is -0.221. The second kappa shape index (κ2) is 5.46. The maximum absolute atomic E-state index is 14.0. The van der Waals surface area contributed by atoms with E-state index in [0.717, 1.165) is 21.3 Å². The van der Waals surface area contributed by atoms with Gasteiger partial charge in [0.2, 0.25) is 0 Å². The van der Waals surface area contributed by atoms with Crippen molar-refractivity contribution in [2.45, 2.75) is 6.92 Å². The Morgan fingerprint density at radius 1 is 1.10 bits per heavy atom. The molecule has 20 heavy (non-hydrogen) atoms. The van der Waals surface area contributed by atoms with Crippen LogP contribution in [0.15, 0.2) is 52.3 Å². The number of hydrogen-bond donors (Lipinski definition) is 0. The van der Waals surface area contributed by atoms with Crippen LogP contribution in [0, 0.1) is 12.7 Å². The minimum Gasteiger partial charge on any atom is -0.236 e. The Balaban J connectivity index is 1.99. The Bertz CT molecular complexity index is 749. The van der Waals surface area contributed by atoms with Crippen LogP contribution in [-0.2, 0) is 0 Å². The molecule has 3 rings (SSSR count). The van der Waals surface area contributed by atoms with Gasteiger partial charge in [0.05, 0.1) is 5.69 Å². The lowest BCUT2D eigenvalue weighted by Crippen LogP contribution is -1.85. The predicted molar refractivity (Wildman–Crippen MR) is 85.4 cm³/mol. The number of rotatable bonds is 2. The lowest BCUT2D eigenvalue weighted by Gasteiger charge is -2.00. The third kappa shape index (κ3) is 2.67. The summed E-state index contributed by atoms with van der Waals surface area (Å²) in [6.45, 7) is 1.88. The Morgan fingerprint density at radius 3 is 2.55 bits per heavy atom. The third-order valence-electron chi connectivity index (χ3n) is 3.00. The zero-order valence-corrected chi connectivity index (χ0v) is 13.1. The molecule has 0 radical (unpaired) electrons. The molecule has 0 aliphatic rings. The summed E-state index contributed by atoms with van der Waals surface area (Å²) < 4.78 is 15.0. The largest absolute Gasteiger partial charge is 0.236 e. The molecule has 0 N–H and O–H groups in total. The first kappa shape index (κ1) is 13.5. The molecule has 0 atom stereocenters. The van der Waals surface area contributed by atoms with Gasteiger partial charge in [-0.1, -0.05) is 34.1 Å². The van der Waals surface area contributed by atoms with Crippen LogP contribution in [0.4, 0.5) is 4.39 Å². The van der Waals surface area contributed by atoms with Gasteiger partial charge in [0.15, 0.2) is 0 Å². The summed E-state index contributed by atoms with van der Waals surface area (Å²) in [6.07, 6.45) is 0. The first-order valence-electron chi connectivity index (χ1n) is 6.11. The zero-order valence-electron chi connectivity index (χ0n) is 10.7. The molecule has 0 amide bonds. The maximum atomic E-state index is 14.0. The van der Waals surface area contributed by atoms with E-state index in [1.807, 2.05) is 42.6 Å². The molecule has 0 saturated heterocycles. The van der Waals surface area contributed by atoms with Crippen molar-refractivity contribution < 1.29 is 4.39 Å². The van der Waals surface area contributed by atoms with Gasteiger partial charge in [-0.2, -0.15) is 0 Å². The summed E-state index contributed by atoms with van der Waals surface area (Å²) in [5, 5.41) is 2.66.